The SMILES string of the molecule is C/C=C(\C=O)O[Si](C)(C)C(C)(C)C. The van der Waals surface area contributed by atoms with Gasteiger partial charge >= 0.3 is 0 Å². The van der Waals surface area contributed by atoms with Gasteiger partial charge in [-0.25, -0.2) is 0 Å². The second kappa shape index (κ2) is 4.09. The van der Waals surface area contributed by atoms with E-state index in [0.717, 1.165) is 6.29 Å². The molecule has 0 bridgehead atoms. The third kappa shape index (κ3) is 3.34. The van der Waals surface area contributed by atoms with Crippen molar-refractivity contribution in [3.05, 3.63) is 11.8 Å². The van der Waals surface area contributed by atoms with Gasteiger partial charge in [0.1, 0.15) is 5.76 Å². The minimum Gasteiger partial charge on any atom is -0.542 e. The van der Waals surface area contributed by atoms with Gasteiger partial charge < -0.3 is 4.43 Å². The summed E-state index contributed by atoms with van der Waals surface area (Å²) in [6.45, 7) is 12.5. The summed E-state index contributed by atoms with van der Waals surface area (Å²) in [7, 11) is -1.81. The third-order valence-corrected chi connectivity index (χ3v) is 6.94. The van der Waals surface area contributed by atoms with Crippen LogP contribution in [0, 0.1) is 0 Å². The number of aldehydes is 1. The van der Waals surface area contributed by atoms with E-state index in [0.29, 0.717) is 5.76 Å². The number of hydrogen-bond donors (Lipinski definition) is 0. The standard InChI is InChI=1S/C10H20O2Si/c1-7-9(8-11)12-13(5,6)10(2,3)4/h7-8H,1-6H3/b9-7+. The lowest BCUT2D eigenvalue weighted by molar-refractivity contribution is -0.106. The van der Waals surface area contributed by atoms with Crippen LogP contribution in [-0.4, -0.2) is 14.6 Å². The normalized spacial score (nSPS) is 14.2. The van der Waals surface area contributed by atoms with Crippen molar-refractivity contribution in [3.63, 3.8) is 0 Å². The zero-order chi connectivity index (χ0) is 10.7. The minimum atomic E-state index is -1.81. The second-order valence-electron chi connectivity index (χ2n) is 4.67. The van der Waals surface area contributed by atoms with Crippen LogP contribution in [0.15, 0.2) is 11.8 Å². The van der Waals surface area contributed by atoms with E-state index in [9.17, 15) is 4.79 Å². The molecular weight excluding hydrogens is 180 g/mol. The molecule has 0 atom stereocenters. The van der Waals surface area contributed by atoms with Crippen LogP contribution >= 0.6 is 0 Å². The van der Waals surface area contributed by atoms with Gasteiger partial charge in [-0.15, -0.1) is 0 Å². The smallest absolute Gasteiger partial charge is 0.250 e. The zero-order valence-corrected chi connectivity index (χ0v) is 10.5. The Labute approximate surface area is 82.1 Å². The molecule has 0 aliphatic rings. The largest absolute Gasteiger partial charge is 0.542 e. The van der Waals surface area contributed by atoms with Crippen molar-refractivity contribution in [1.29, 1.82) is 0 Å². The highest BCUT2D eigenvalue weighted by molar-refractivity contribution is 6.74. The second-order valence-corrected chi connectivity index (χ2v) is 9.40. The number of rotatable bonds is 3. The maximum absolute atomic E-state index is 10.6. The fourth-order valence-electron chi connectivity index (χ4n) is 0.599. The molecule has 0 N–H and O–H groups in total. The first-order valence-electron chi connectivity index (χ1n) is 4.55. The Morgan fingerprint density at radius 1 is 1.31 bits per heavy atom. The molecule has 0 amide bonds. The lowest BCUT2D eigenvalue weighted by Crippen LogP contribution is -2.40. The van der Waals surface area contributed by atoms with E-state index in [1.807, 2.05) is 6.92 Å². The first-order chi connectivity index (χ1) is 5.74. The van der Waals surface area contributed by atoms with E-state index in [4.69, 9.17) is 4.43 Å². The fraction of sp³-hybridized carbons (Fsp3) is 0.700. The van der Waals surface area contributed by atoms with E-state index < -0.39 is 8.32 Å². The lowest BCUT2D eigenvalue weighted by Gasteiger charge is -2.36. The van der Waals surface area contributed by atoms with Gasteiger partial charge in [0.25, 0.3) is 8.32 Å². The average Bonchev–Trinajstić information content (AvgIpc) is 1.98. The maximum atomic E-state index is 10.6. The molecule has 0 fully saturated rings. The van der Waals surface area contributed by atoms with Crippen LogP contribution in [0.3, 0.4) is 0 Å². The molecule has 0 aromatic rings. The van der Waals surface area contributed by atoms with Crippen molar-refractivity contribution in [2.24, 2.45) is 0 Å². The van der Waals surface area contributed by atoms with E-state index in [2.05, 4.69) is 33.9 Å². The summed E-state index contributed by atoms with van der Waals surface area (Å²) in [4.78, 5) is 10.6. The van der Waals surface area contributed by atoms with Gasteiger partial charge in [-0.05, 0) is 31.1 Å². The van der Waals surface area contributed by atoms with E-state index >= 15 is 0 Å². The molecule has 0 unspecified atom stereocenters. The van der Waals surface area contributed by atoms with Gasteiger partial charge in [-0.2, -0.15) is 0 Å². The van der Waals surface area contributed by atoms with Crippen molar-refractivity contribution < 1.29 is 9.22 Å². The van der Waals surface area contributed by atoms with Crippen molar-refractivity contribution in [3.8, 4) is 0 Å². The predicted molar refractivity (Wildman–Crippen MR) is 58.1 cm³/mol. The molecule has 0 aliphatic carbocycles. The molecule has 76 valence electrons. The van der Waals surface area contributed by atoms with E-state index in [1.54, 1.807) is 6.08 Å². The van der Waals surface area contributed by atoms with Gasteiger partial charge in [-0.1, -0.05) is 20.8 Å². The first-order valence-corrected chi connectivity index (χ1v) is 7.46. The maximum Gasteiger partial charge on any atom is 0.250 e. The van der Waals surface area contributed by atoms with Gasteiger partial charge in [0.15, 0.2) is 6.29 Å². The topological polar surface area (TPSA) is 26.3 Å². The molecule has 0 aromatic heterocycles. The van der Waals surface area contributed by atoms with Crippen LogP contribution in [-0.2, 0) is 9.22 Å². The van der Waals surface area contributed by atoms with E-state index in [1.165, 1.54) is 0 Å². The average molecular weight is 200 g/mol. The van der Waals surface area contributed by atoms with Crippen molar-refractivity contribution >= 4 is 14.6 Å². The summed E-state index contributed by atoms with van der Waals surface area (Å²) < 4.78 is 5.73. The summed E-state index contributed by atoms with van der Waals surface area (Å²) in [5.41, 5.74) is 0. The van der Waals surface area contributed by atoms with Crippen molar-refractivity contribution in [1.82, 2.24) is 0 Å². The molecule has 13 heavy (non-hydrogen) atoms. The summed E-state index contributed by atoms with van der Waals surface area (Å²) in [6, 6.07) is 0. The van der Waals surface area contributed by atoms with E-state index in [-0.39, 0.29) is 5.04 Å². The molecule has 0 saturated carbocycles. The highest BCUT2D eigenvalue weighted by atomic mass is 28.4. The quantitative estimate of drug-likeness (QED) is 0.303. The highest BCUT2D eigenvalue weighted by Gasteiger charge is 2.39. The summed E-state index contributed by atoms with van der Waals surface area (Å²) in [6.07, 6.45) is 2.49. The zero-order valence-electron chi connectivity index (χ0n) is 9.47. The molecule has 0 saturated heterocycles. The van der Waals surface area contributed by atoms with Gasteiger partial charge in [-0.3, -0.25) is 4.79 Å². The Morgan fingerprint density at radius 2 is 1.77 bits per heavy atom. The van der Waals surface area contributed by atoms with Gasteiger partial charge in [0.05, 0.1) is 0 Å². The molecule has 0 rings (SSSR count). The summed E-state index contributed by atoms with van der Waals surface area (Å²) in [5, 5.41) is 0.143. The monoisotopic (exact) mass is 200 g/mol. The highest BCUT2D eigenvalue weighted by Crippen LogP contribution is 2.37. The van der Waals surface area contributed by atoms with Crippen LogP contribution in [0.2, 0.25) is 18.1 Å². The summed E-state index contributed by atoms with van der Waals surface area (Å²) in [5.74, 6) is 0.464. The number of carbonyl (C=O) groups is 1. The number of allylic oxidation sites excluding steroid dienone is 2. The molecule has 0 aromatic carbocycles. The molecule has 0 aliphatic heterocycles. The minimum absolute atomic E-state index is 0.143. The van der Waals surface area contributed by atoms with Crippen molar-refractivity contribution in [2.45, 2.75) is 45.8 Å². The molecule has 0 radical (unpaired) electrons. The third-order valence-electron chi connectivity index (χ3n) is 2.58. The van der Waals surface area contributed by atoms with Crippen LogP contribution < -0.4 is 0 Å². The molecule has 0 heterocycles. The Bertz CT molecular complexity index is 211. The Kier molecular flexibility index (Phi) is 3.91. The summed E-state index contributed by atoms with van der Waals surface area (Å²) >= 11 is 0. The predicted octanol–water partition coefficient (Wildman–Crippen LogP) is 3.11. The molecule has 0 spiro atoms. The molecular formula is C10H20O2Si. The lowest BCUT2D eigenvalue weighted by atomic mass is 10.2. The Morgan fingerprint density at radius 3 is 2.00 bits per heavy atom. The van der Waals surface area contributed by atoms with Gasteiger partial charge in [0, 0.05) is 0 Å². The Balaban J connectivity index is 4.60. The van der Waals surface area contributed by atoms with Gasteiger partial charge in [0.2, 0.25) is 0 Å². The first kappa shape index (κ1) is 12.4. The van der Waals surface area contributed by atoms with Crippen LogP contribution in [0.4, 0.5) is 0 Å². The van der Waals surface area contributed by atoms with Crippen LogP contribution in [0.5, 0.6) is 0 Å². The molecule has 3 heteroatoms. The van der Waals surface area contributed by atoms with Crippen LogP contribution in [0.25, 0.3) is 0 Å². The Hall–Kier alpha value is -0.573. The number of hydrogen-bond acceptors (Lipinski definition) is 2. The van der Waals surface area contributed by atoms with Crippen LogP contribution in [0.1, 0.15) is 27.7 Å². The van der Waals surface area contributed by atoms with Crippen molar-refractivity contribution in [2.75, 3.05) is 0 Å². The molecule has 2 nitrogen and oxygen atoms in total. The number of carbonyl (C=O) groups excluding carboxylic acids is 1. The fourth-order valence-corrected chi connectivity index (χ4v) is 1.66.